The van der Waals surface area contributed by atoms with Crippen molar-refractivity contribution in [3.05, 3.63) is 74.5 Å². The second-order valence-electron chi connectivity index (χ2n) is 5.24. The maximum absolute atomic E-state index is 12.0. The molecular weight excluding hydrogens is 409 g/mol. The Morgan fingerprint density at radius 2 is 1.81 bits per heavy atom. The van der Waals surface area contributed by atoms with Gasteiger partial charge in [0, 0.05) is 21.0 Å². The second kappa shape index (κ2) is 8.30. The molecule has 6 nitrogen and oxygen atoms in total. The highest BCUT2D eigenvalue weighted by Crippen LogP contribution is 2.24. The summed E-state index contributed by atoms with van der Waals surface area (Å²) in [6.45, 7) is 0. The van der Waals surface area contributed by atoms with Gasteiger partial charge in [0.15, 0.2) is 5.01 Å². The van der Waals surface area contributed by atoms with Crippen LogP contribution in [-0.4, -0.2) is 22.6 Å². The molecule has 2 aromatic carbocycles. The summed E-state index contributed by atoms with van der Waals surface area (Å²) >= 11 is 12.9. The lowest BCUT2D eigenvalue weighted by molar-refractivity contribution is -0.112. The van der Waals surface area contributed by atoms with Crippen LogP contribution < -0.4 is 5.73 Å². The van der Waals surface area contributed by atoms with Crippen molar-refractivity contribution in [3.8, 4) is 11.3 Å². The highest BCUT2D eigenvalue weighted by atomic mass is 35.5. The van der Waals surface area contributed by atoms with Gasteiger partial charge in [0.05, 0.1) is 11.3 Å². The summed E-state index contributed by atoms with van der Waals surface area (Å²) in [6.07, 6.45) is 0. The van der Waals surface area contributed by atoms with E-state index in [0.717, 1.165) is 16.9 Å². The third kappa shape index (κ3) is 4.71. The first-order valence-electron chi connectivity index (χ1n) is 7.50. The Morgan fingerprint density at radius 3 is 2.48 bits per heavy atom. The summed E-state index contributed by atoms with van der Waals surface area (Å²) in [7, 11) is 0. The molecule has 0 aliphatic rings. The first-order valence-corrected chi connectivity index (χ1v) is 9.14. The molecule has 0 aliphatic heterocycles. The zero-order chi connectivity index (χ0) is 19.4. The van der Waals surface area contributed by atoms with Crippen molar-refractivity contribution in [2.75, 3.05) is 0 Å². The van der Waals surface area contributed by atoms with Gasteiger partial charge < -0.3 is 10.6 Å². The molecule has 0 atom stereocenters. The Balaban J connectivity index is 1.83. The minimum Gasteiger partial charge on any atom is -0.364 e. The lowest BCUT2D eigenvalue weighted by Crippen LogP contribution is -2.25. The summed E-state index contributed by atoms with van der Waals surface area (Å²) in [5.41, 5.74) is 6.71. The zero-order valence-corrected chi connectivity index (χ0v) is 15.9. The van der Waals surface area contributed by atoms with Crippen LogP contribution in [0, 0.1) is 0 Å². The molecule has 2 N–H and O–H groups in total. The average Bonchev–Trinajstić information content (AvgIpc) is 3.11. The Kier molecular flexibility index (Phi) is 5.85. The quantitative estimate of drug-likeness (QED) is 0.381. The van der Waals surface area contributed by atoms with Crippen LogP contribution in [0.1, 0.15) is 15.4 Å². The average molecular weight is 420 g/mol. The Hall–Kier alpha value is -2.74. The number of rotatable bonds is 5. The van der Waals surface area contributed by atoms with Crippen LogP contribution in [-0.2, 0) is 9.63 Å². The molecule has 9 heteroatoms. The number of hydrogen-bond acceptors (Lipinski definition) is 6. The van der Waals surface area contributed by atoms with E-state index in [0.29, 0.717) is 15.7 Å². The van der Waals surface area contributed by atoms with Gasteiger partial charge in [-0.15, -0.1) is 11.3 Å². The number of amides is 1. The predicted molar refractivity (Wildman–Crippen MR) is 105 cm³/mol. The van der Waals surface area contributed by atoms with Crippen molar-refractivity contribution < 1.29 is 14.4 Å². The highest BCUT2D eigenvalue weighted by molar-refractivity contribution is 7.13. The van der Waals surface area contributed by atoms with Crippen molar-refractivity contribution in [2.24, 2.45) is 10.9 Å². The number of carbonyl (C=O) groups is 2. The number of oxime groups is 1. The molecule has 0 aliphatic carbocycles. The molecule has 3 rings (SSSR count). The van der Waals surface area contributed by atoms with Gasteiger partial charge in [-0.05, 0) is 30.3 Å². The Morgan fingerprint density at radius 1 is 1.07 bits per heavy atom. The van der Waals surface area contributed by atoms with Gasteiger partial charge in [0.1, 0.15) is 0 Å². The summed E-state index contributed by atoms with van der Waals surface area (Å²) < 4.78 is 0. The van der Waals surface area contributed by atoms with Crippen molar-refractivity contribution in [3.63, 3.8) is 0 Å². The van der Waals surface area contributed by atoms with E-state index in [1.54, 1.807) is 41.8 Å². The lowest BCUT2D eigenvalue weighted by atomic mass is 10.2. The molecule has 136 valence electrons. The van der Waals surface area contributed by atoms with Crippen LogP contribution in [0.2, 0.25) is 10.0 Å². The van der Waals surface area contributed by atoms with Gasteiger partial charge in [-0.2, -0.15) is 0 Å². The van der Waals surface area contributed by atoms with E-state index in [-0.39, 0.29) is 16.3 Å². The molecule has 0 fully saturated rings. The summed E-state index contributed by atoms with van der Waals surface area (Å²) in [5, 5.41) is 6.53. The molecule has 0 saturated carbocycles. The van der Waals surface area contributed by atoms with Crippen molar-refractivity contribution in [2.45, 2.75) is 0 Å². The van der Waals surface area contributed by atoms with E-state index < -0.39 is 11.9 Å². The summed E-state index contributed by atoms with van der Waals surface area (Å²) in [5.74, 6) is -1.64. The van der Waals surface area contributed by atoms with Gasteiger partial charge in [0.25, 0.3) is 5.91 Å². The third-order valence-electron chi connectivity index (χ3n) is 3.36. The Bertz CT molecular complexity index is 1030. The van der Waals surface area contributed by atoms with Gasteiger partial charge in [0.2, 0.25) is 5.71 Å². The topological polar surface area (TPSA) is 94.6 Å². The molecule has 0 spiro atoms. The number of thiazole rings is 1. The van der Waals surface area contributed by atoms with Crippen molar-refractivity contribution in [1.82, 2.24) is 4.98 Å². The smallest absolute Gasteiger partial charge is 0.364 e. The van der Waals surface area contributed by atoms with Gasteiger partial charge >= 0.3 is 5.97 Å². The lowest BCUT2D eigenvalue weighted by Gasteiger charge is -2.01. The minimum absolute atomic E-state index is 0.191. The van der Waals surface area contributed by atoms with Gasteiger partial charge in [-0.3, -0.25) is 4.79 Å². The number of benzene rings is 2. The molecule has 3 aromatic rings. The maximum Gasteiger partial charge on any atom is 0.365 e. The molecule has 0 unspecified atom stereocenters. The summed E-state index contributed by atoms with van der Waals surface area (Å²) in [6, 6.07) is 13.2. The molecule has 1 amide bonds. The fourth-order valence-electron chi connectivity index (χ4n) is 2.08. The van der Waals surface area contributed by atoms with Gasteiger partial charge in [-0.25, -0.2) is 9.78 Å². The number of aromatic nitrogens is 1. The Labute approximate surface area is 168 Å². The zero-order valence-electron chi connectivity index (χ0n) is 13.6. The van der Waals surface area contributed by atoms with E-state index >= 15 is 0 Å². The van der Waals surface area contributed by atoms with Crippen LogP contribution in [0.4, 0.5) is 0 Å². The number of carbonyl (C=O) groups excluding carboxylic acids is 2. The SMILES string of the molecule is NC(=O)/C(=N\OC(=O)c1cccc(Cl)c1)c1nc(-c2ccc(Cl)cc2)cs1. The van der Waals surface area contributed by atoms with Crippen LogP contribution >= 0.6 is 34.5 Å². The number of halogens is 2. The predicted octanol–water partition coefficient (Wildman–Crippen LogP) is 4.16. The van der Waals surface area contributed by atoms with Crippen LogP contribution in [0.3, 0.4) is 0 Å². The highest BCUT2D eigenvalue weighted by Gasteiger charge is 2.18. The van der Waals surface area contributed by atoms with E-state index in [1.807, 2.05) is 0 Å². The number of nitrogens with zero attached hydrogens (tertiary/aromatic N) is 2. The first-order chi connectivity index (χ1) is 12.9. The molecule has 1 aromatic heterocycles. The van der Waals surface area contributed by atoms with Gasteiger partial charge in [-0.1, -0.05) is 46.6 Å². The normalized spacial score (nSPS) is 11.3. The number of primary amides is 1. The first kappa shape index (κ1) is 19.0. The number of hydrogen-bond donors (Lipinski definition) is 1. The van der Waals surface area contributed by atoms with Crippen LogP contribution in [0.5, 0.6) is 0 Å². The fourth-order valence-corrected chi connectivity index (χ4v) is 3.21. The molecular formula is C18H11Cl2N3O3S. The molecule has 0 bridgehead atoms. The van der Waals surface area contributed by atoms with E-state index in [4.69, 9.17) is 33.8 Å². The van der Waals surface area contributed by atoms with Crippen LogP contribution in [0.25, 0.3) is 11.3 Å². The second-order valence-corrected chi connectivity index (χ2v) is 6.97. The minimum atomic E-state index is -0.870. The standard InChI is InChI=1S/C18H11Cl2N3O3S/c19-12-6-4-10(5-7-12)14-9-27-17(22-14)15(16(21)24)23-26-18(25)11-2-1-3-13(20)8-11/h1-9H,(H2,21,24)/b23-15+. The number of nitrogens with two attached hydrogens (primary N) is 1. The van der Waals surface area contributed by atoms with E-state index in [9.17, 15) is 9.59 Å². The molecule has 27 heavy (non-hydrogen) atoms. The largest absolute Gasteiger partial charge is 0.365 e. The van der Waals surface area contributed by atoms with E-state index in [1.165, 1.54) is 12.1 Å². The molecule has 1 heterocycles. The van der Waals surface area contributed by atoms with Crippen LogP contribution in [0.15, 0.2) is 59.1 Å². The van der Waals surface area contributed by atoms with E-state index in [2.05, 4.69) is 10.1 Å². The monoisotopic (exact) mass is 419 g/mol. The summed E-state index contributed by atoms with van der Waals surface area (Å²) in [4.78, 5) is 32.9. The van der Waals surface area contributed by atoms with Crippen molar-refractivity contribution >= 4 is 52.1 Å². The molecule has 0 radical (unpaired) electrons. The molecule has 0 saturated heterocycles. The maximum atomic E-state index is 12.0. The third-order valence-corrected chi connectivity index (χ3v) is 4.70. The fraction of sp³-hybridized carbons (Fsp3) is 0. The van der Waals surface area contributed by atoms with Crippen molar-refractivity contribution in [1.29, 1.82) is 0 Å².